The van der Waals surface area contributed by atoms with Gasteiger partial charge in [0.15, 0.2) is 0 Å². The van der Waals surface area contributed by atoms with Gasteiger partial charge in [0.2, 0.25) is 5.88 Å². The van der Waals surface area contributed by atoms with Gasteiger partial charge in [-0.2, -0.15) is 4.98 Å². The van der Waals surface area contributed by atoms with Crippen LogP contribution in [0.25, 0.3) is 0 Å². The topological polar surface area (TPSA) is 72.8 Å². The first-order valence-corrected chi connectivity index (χ1v) is 6.63. The second-order valence-electron chi connectivity index (χ2n) is 3.58. The molecule has 0 saturated heterocycles. The van der Waals surface area contributed by atoms with E-state index >= 15 is 0 Å². The molecule has 2 heterocycles. The maximum atomic E-state index is 5.37. The van der Waals surface area contributed by atoms with E-state index < -0.39 is 0 Å². The lowest BCUT2D eigenvalue weighted by atomic mass is 10.4. The highest BCUT2D eigenvalue weighted by Crippen LogP contribution is 2.13. The summed E-state index contributed by atoms with van der Waals surface area (Å²) >= 11 is 1.55. The van der Waals surface area contributed by atoms with Gasteiger partial charge in [-0.15, -0.1) is 21.5 Å². The summed E-state index contributed by atoms with van der Waals surface area (Å²) in [7, 11) is 0. The predicted octanol–water partition coefficient (Wildman–Crippen LogP) is 1.69. The highest BCUT2D eigenvalue weighted by atomic mass is 32.1. The Morgan fingerprint density at radius 3 is 3.00 bits per heavy atom. The summed E-state index contributed by atoms with van der Waals surface area (Å²) in [5.41, 5.74) is 1.73. The number of anilines is 1. The first-order chi connectivity index (χ1) is 8.78. The average Bonchev–Trinajstić information content (AvgIpc) is 2.82. The summed E-state index contributed by atoms with van der Waals surface area (Å²) in [6, 6.07) is 1.80. The number of hydrogen-bond donors (Lipinski definition) is 1. The van der Waals surface area contributed by atoms with Crippen molar-refractivity contribution in [1.29, 1.82) is 0 Å². The van der Waals surface area contributed by atoms with Gasteiger partial charge in [0, 0.05) is 19.0 Å². The molecule has 6 nitrogen and oxygen atoms in total. The van der Waals surface area contributed by atoms with Crippen molar-refractivity contribution in [2.45, 2.75) is 20.3 Å². The highest BCUT2D eigenvalue weighted by molar-refractivity contribution is 7.09. The fraction of sp³-hybridized carbons (Fsp3) is 0.455. The molecule has 0 amide bonds. The van der Waals surface area contributed by atoms with E-state index in [4.69, 9.17) is 4.74 Å². The molecule has 0 aliphatic rings. The molecule has 0 saturated carbocycles. The Hall–Kier alpha value is -1.76. The van der Waals surface area contributed by atoms with Crippen molar-refractivity contribution < 1.29 is 4.74 Å². The van der Waals surface area contributed by atoms with E-state index in [1.165, 1.54) is 0 Å². The molecule has 1 N–H and O–H groups in total. The molecule has 7 heteroatoms. The van der Waals surface area contributed by atoms with Crippen LogP contribution in [0.4, 0.5) is 5.82 Å². The first kappa shape index (κ1) is 12.7. The zero-order valence-corrected chi connectivity index (χ0v) is 11.2. The van der Waals surface area contributed by atoms with E-state index in [1.54, 1.807) is 22.9 Å². The van der Waals surface area contributed by atoms with Crippen LogP contribution in [0.3, 0.4) is 0 Å². The van der Waals surface area contributed by atoms with E-state index in [0.29, 0.717) is 18.3 Å². The second kappa shape index (κ2) is 6.25. The van der Waals surface area contributed by atoms with Gasteiger partial charge in [-0.3, -0.25) is 0 Å². The van der Waals surface area contributed by atoms with Gasteiger partial charge in [-0.05, 0) is 13.8 Å². The van der Waals surface area contributed by atoms with Crippen molar-refractivity contribution >= 4 is 17.2 Å². The number of aromatic nitrogens is 4. The van der Waals surface area contributed by atoms with Crippen LogP contribution in [-0.4, -0.2) is 33.3 Å². The minimum absolute atomic E-state index is 0.598. The maximum absolute atomic E-state index is 5.37. The van der Waals surface area contributed by atoms with Gasteiger partial charge in [0.25, 0.3) is 0 Å². The molecule has 0 aromatic carbocycles. The number of hydrogen-bond acceptors (Lipinski definition) is 7. The predicted molar refractivity (Wildman–Crippen MR) is 70.0 cm³/mol. The van der Waals surface area contributed by atoms with Crippen molar-refractivity contribution in [2.75, 3.05) is 18.5 Å². The van der Waals surface area contributed by atoms with Crippen LogP contribution in [0.1, 0.15) is 17.8 Å². The van der Waals surface area contributed by atoms with Crippen molar-refractivity contribution in [3.05, 3.63) is 22.4 Å². The molecule has 0 atom stereocenters. The number of rotatable bonds is 6. The third-order valence-electron chi connectivity index (χ3n) is 2.16. The van der Waals surface area contributed by atoms with Crippen molar-refractivity contribution in [1.82, 2.24) is 20.2 Å². The van der Waals surface area contributed by atoms with E-state index in [0.717, 1.165) is 23.8 Å². The molecule has 0 fully saturated rings. The summed E-state index contributed by atoms with van der Waals surface area (Å²) in [5, 5.41) is 12.0. The van der Waals surface area contributed by atoms with Crippen molar-refractivity contribution in [3.63, 3.8) is 0 Å². The average molecular weight is 265 g/mol. The molecule has 2 rings (SSSR count). The number of aryl methyl sites for hydroxylation is 1. The summed E-state index contributed by atoms with van der Waals surface area (Å²) in [4.78, 5) is 8.49. The fourth-order valence-corrected chi connectivity index (χ4v) is 1.99. The Morgan fingerprint density at radius 1 is 1.39 bits per heavy atom. The maximum Gasteiger partial charge on any atom is 0.218 e. The standard InChI is InChI=1S/C11H15N5OS/c1-3-17-10-6-9(14-8(2)15-10)12-5-4-11-16-13-7-18-11/h6-7H,3-5H2,1-2H3,(H,12,14,15). The monoisotopic (exact) mass is 265 g/mol. The van der Waals surface area contributed by atoms with Gasteiger partial charge in [0.05, 0.1) is 6.61 Å². The van der Waals surface area contributed by atoms with Gasteiger partial charge in [-0.1, -0.05) is 0 Å². The highest BCUT2D eigenvalue weighted by Gasteiger charge is 2.03. The normalized spacial score (nSPS) is 10.3. The Morgan fingerprint density at radius 2 is 2.28 bits per heavy atom. The lowest BCUT2D eigenvalue weighted by Gasteiger charge is -2.07. The molecule has 0 spiro atoms. The molecule has 0 bridgehead atoms. The molecule has 0 aliphatic carbocycles. The molecule has 96 valence electrons. The van der Waals surface area contributed by atoms with Gasteiger partial charge < -0.3 is 10.1 Å². The number of nitrogens with one attached hydrogen (secondary N) is 1. The zero-order valence-electron chi connectivity index (χ0n) is 10.4. The first-order valence-electron chi connectivity index (χ1n) is 5.75. The Labute approximate surface area is 109 Å². The number of ether oxygens (including phenoxy) is 1. The molecule has 0 radical (unpaired) electrons. The lowest BCUT2D eigenvalue weighted by molar-refractivity contribution is 0.325. The summed E-state index contributed by atoms with van der Waals surface area (Å²) < 4.78 is 5.37. The van der Waals surface area contributed by atoms with Gasteiger partial charge >= 0.3 is 0 Å². The quantitative estimate of drug-likeness (QED) is 0.857. The molecule has 2 aromatic heterocycles. The smallest absolute Gasteiger partial charge is 0.218 e. The Balaban J connectivity index is 1.92. The largest absolute Gasteiger partial charge is 0.478 e. The third kappa shape index (κ3) is 3.63. The second-order valence-corrected chi connectivity index (χ2v) is 4.50. The molecule has 0 unspecified atom stereocenters. The van der Waals surface area contributed by atoms with Crippen LogP contribution < -0.4 is 10.1 Å². The van der Waals surface area contributed by atoms with Crippen LogP contribution in [0.15, 0.2) is 11.6 Å². The van der Waals surface area contributed by atoms with E-state index in [9.17, 15) is 0 Å². The van der Waals surface area contributed by atoms with E-state index in [1.807, 2.05) is 13.8 Å². The molecule has 18 heavy (non-hydrogen) atoms. The van der Waals surface area contributed by atoms with Crippen LogP contribution in [0.2, 0.25) is 0 Å². The van der Waals surface area contributed by atoms with Gasteiger partial charge in [0.1, 0.15) is 22.2 Å². The molecule has 0 aliphatic heterocycles. The minimum atomic E-state index is 0.598. The summed E-state index contributed by atoms with van der Waals surface area (Å²) in [5.74, 6) is 2.07. The SMILES string of the molecule is CCOc1cc(NCCc2nncs2)nc(C)n1. The van der Waals surface area contributed by atoms with Gasteiger partial charge in [-0.25, -0.2) is 4.98 Å². The lowest BCUT2D eigenvalue weighted by Crippen LogP contribution is -2.08. The zero-order chi connectivity index (χ0) is 12.8. The Kier molecular flexibility index (Phi) is 4.40. The molecular weight excluding hydrogens is 250 g/mol. The van der Waals surface area contributed by atoms with Crippen molar-refractivity contribution in [2.24, 2.45) is 0 Å². The van der Waals surface area contributed by atoms with E-state index in [-0.39, 0.29) is 0 Å². The minimum Gasteiger partial charge on any atom is -0.478 e. The Bertz CT molecular complexity index is 488. The van der Waals surface area contributed by atoms with Crippen LogP contribution in [-0.2, 0) is 6.42 Å². The molecular formula is C11H15N5OS. The van der Waals surface area contributed by atoms with E-state index in [2.05, 4.69) is 25.5 Å². The summed E-state index contributed by atoms with van der Waals surface area (Å²) in [6.07, 6.45) is 0.831. The summed E-state index contributed by atoms with van der Waals surface area (Å²) in [6.45, 7) is 5.14. The van der Waals surface area contributed by atoms with Crippen LogP contribution >= 0.6 is 11.3 Å². The molecule has 2 aromatic rings. The van der Waals surface area contributed by atoms with Crippen LogP contribution in [0.5, 0.6) is 5.88 Å². The number of nitrogens with zero attached hydrogens (tertiary/aromatic N) is 4. The van der Waals surface area contributed by atoms with Crippen LogP contribution in [0, 0.1) is 6.92 Å². The third-order valence-corrected chi connectivity index (χ3v) is 2.91. The fourth-order valence-electron chi connectivity index (χ4n) is 1.46. The van der Waals surface area contributed by atoms with Crippen molar-refractivity contribution in [3.8, 4) is 5.88 Å².